The number of fused-ring (bicyclic) bond motifs is 1. The number of hydrogen-bond acceptors (Lipinski definition) is 5. The van der Waals surface area contributed by atoms with Crippen LogP contribution < -0.4 is 0 Å². The van der Waals surface area contributed by atoms with Gasteiger partial charge in [-0.05, 0) is 31.2 Å². The van der Waals surface area contributed by atoms with Crippen LogP contribution in [0, 0.1) is 0 Å². The maximum absolute atomic E-state index is 10.2. The lowest BCUT2D eigenvalue weighted by Gasteiger charge is -2.10. The Morgan fingerprint density at radius 1 is 1.12 bits per heavy atom. The fourth-order valence-electron chi connectivity index (χ4n) is 3.07. The van der Waals surface area contributed by atoms with Crippen LogP contribution in [-0.2, 0) is 6.54 Å². The maximum Gasteiger partial charge on any atom is 0.145 e. The average Bonchev–Trinajstić information content (AvgIpc) is 3.18. The van der Waals surface area contributed by atoms with E-state index in [1.165, 1.54) is 16.8 Å². The van der Waals surface area contributed by atoms with Gasteiger partial charge in [0.25, 0.3) is 0 Å². The van der Waals surface area contributed by atoms with E-state index in [0.717, 1.165) is 23.0 Å². The van der Waals surface area contributed by atoms with Crippen molar-refractivity contribution in [3.63, 3.8) is 0 Å². The molecule has 0 aliphatic heterocycles. The second kappa shape index (κ2) is 5.86. The third-order valence-corrected chi connectivity index (χ3v) is 4.55. The van der Waals surface area contributed by atoms with Crippen molar-refractivity contribution in [1.29, 1.82) is 0 Å². The van der Waals surface area contributed by atoms with Gasteiger partial charge in [-0.15, -0.1) is 17.7 Å². The van der Waals surface area contributed by atoms with Crippen LogP contribution in [0.15, 0.2) is 53.7 Å². The SMILES string of the molecule is CCn1ccc2c(-c3c(S)nnn3-c3ccc(O)cc3O)cccc21. The lowest BCUT2D eigenvalue weighted by atomic mass is 10.1. The molecule has 126 valence electrons. The largest absolute Gasteiger partial charge is 0.508 e. The van der Waals surface area contributed by atoms with Gasteiger partial charge in [-0.3, -0.25) is 0 Å². The minimum atomic E-state index is -0.0854. The Morgan fingerprint density at radius 3 is 2.72 bits per heavy atom. The van der Waals surface area contributed by atoms with Crippen molar-refractivity contribution in [3.05, 3.63) is 48.7 Å². The van der Waals surface area contributed by atoms with E-state index in [0.29, 0.717) is 16.4 Å². The Balaban J connectivity index is 1.99. The standard InChI is InChI=1S/C18H16N4O2S/c1-2-21-9-8-12-13(4-3-5-14(12)21)17-18(25)19-20-22(17)15-7-6-11(23)10-16(15)24/h3-10,23-25H,2H2,1H3. The van der Waals surface area contributed by atoms with Gasteiger partial charge in [0, 0.05) is 35.3 Å². The highest BCUT2D eigenvalue weighted by molar-refractivity contribution is 7.80. The van der Waals surface area contributed by atoms with Crippen LogP contribution in [0.1, 0.15) is 6.92 Å². The molecule has 0 aliphatic rings. The first-order valence-corrected chi connectivity index (χ1v) is 8.30. The summed E-state index contributed by atoms with van der Waals surface area (Å²) >= 11 is 4.46. The van der Waals surface area contributed by atoms with Gasteiger partial charge in [0.1, 0.15) is 27.9 Å². The van der Waals surface area contributed by atoms with Crippen molar-refractivity contribution >= 4 is 23.5 Å². The van der Waals surface area contributed by atoms with Gasteiger partial charge < -0.3 is 14.8 Å². The second-order valence-corrected chi connectivity index (χ2v) is 6.11. The summed E-state index contributed by atoms with van der Waals surface area (Å²) in [6.45, 7) is 2.97. The third kappa shape index (κ3) is 2.44. The van der Waals surface area contributed by atoms with Crippen molar-refractivity contribution in [3.8, 4) is 28.4 Å². The zero-order chi connectivity index (χ0) is 17.6. The van der Waals surface area contributed by atoms with Crippen molar-refractivity contribution in [2.24, 2.45) is 0 Å². The minimum Gasteiger partial charge on any atom is -0.508 e. The van der Waals surface area contributed by atoms with Crippen LogP contribution >= 0.6 is 12.6 Å². The Bertz CT molecular complexity index is 1080. The maximum atomic E-state index is 10.2. The molecule has 0 radical (unpaired) electrons. The molecule has 7 heteroatoms. The predicted molar refractivity (Wildman–Crippen MR) is 98.5 cm³/mol. The molecule has 0 saturated heterocycles. The number of aromatic hydroxyl groups is 2. The molecule has 0 fully saturated rings. The van der Waals surface area contributed by atoms with Gasteiger partial charge in [0.2, 0.25) is 0 Å². The number of phenolic OH excluding ortho intramolecular Hbond substituents is 2. The molecule has 4 aromatic rings. The monoisotopic (exact) mass is 352 g/mol. The Hall–Kier alpha value is -2.93. The topological polar surface area (TPSA) is 76.1 Å². The molecule has 4 rings (SSSR count). The highest BCUT2D eigenvalue weighted by Crippen LogP contribution is 2.36. The van der Waals surface area contributed by atoms with Crippen LogP contribution in [0.4, 0.5) is 0 Å². The molecule has 0 spiro atoms. The first-order valence-electron chi connectivity index (χ1n) is 7.85. The summed E-state index contributed by atoms with van der Waals surface area (Å²) in [5, 5.41) is 29.4. The first-order chi connectivity index (χ1) is 12.1. The molecule has 0 unspecified atom stereocenters. The number of nitrogens with zero attached hydrogens (tertiary/aromatic N) is 4. The van der Waals surface area contributed by atoms with E-state index in [4.69, 9.17) is 0 Å². The number of aromatic nitrogens is 4. The summed E-state index contributed by atoms with van der Waals surface area (Å²) in [4.78, 5) is 0. The van der Waals surface area contributed by atoms with Crippen LogP contribution in [0.2, 0.25) is 0 Å². The van der Waals surface area contributed by atoms with E-state index >= 15 is 0 Å². The predicted octanol–water partition coefficient (Wildman–Crippen LogP) is 3.61. The lowest BCUT2D eigenvalue weighted by molar-refractivity contribution is 0.447. The van der Waals surface area contributed by atoms with E-state index in [-0.39, 0.29) is 11.5 Å². The van der Waals surface area contributed by atoms with Crippen molar-refractivity contribution in [2.45, 2.75) is 18.5 Å². The summed E-state index contributed by atoms with van der Waals surface area (Å²) in [5.74, 6) is -0.103. The average molecular weight is 352 g/mol. The van der Waals surface area contributed by atoms with Crippen LogP contribution in [0.3, 0.4) is 0 Å². The molecule has 0 bridgehead atoms. The molecule has 0 atom stereocenters. The van der Waals surface area contributed by atoms with Crippen LogP contribution in [-0.4, -0.2) is 29.8 Å². The molecular formula is C18H16N4O2S. The van der Waals surface area contributed by atoms with Gasteiger partial charge >= 0.3 is 0 Å². The molecule has 2 aromatic heterocycles. The summed E-state index contributed by atoms with van der Waals surface area (Å²) in [6.07, 6.45) is 2.04. The summed E-state index contributed by atoms with van der Waals surface area (Å²) < 4.78 is 3.69. The number of hydrogen-bond donors (Lipinski definition) is 3. The number of phenols is 2. The number of aryl methyl sites for hydroxylation is 1. The van der Waals surface area contributed by atoms with Crippen LogP contribution in [0.5, 0.6) is 11.5 Å². The molecule has 2 heterocycles. The molecule has 2 N–H and O–H groups in total. The summed E-state index contributed by atoms with van der Waals surface area (Å²) in [5.41, 5.74) is 3.14. The molecule has 0 amide bonds. The molecule has 0 saturated carbocycles. The van der Waals surface area contributed by atoms with Gasteiger partial charge in [0.05, 0.1) is 0 Å². The quantitative estimate of drug-likeness (QED) is 0.492. The van der Waals surface area contributed by atoms with Crippen molar-refractivity contribution in [1.82, 2.24) is 19.6 Å². The molecular weight excluding hydrogens is 336 g/mol. The van der Waals surface area contributed by atoms with Gasteiger partial charge in [-0.2, -0.15) is 0 Å². The summed E-state index contributed by atoms with van der Waals surface area (Å²) in [6, 6.07) is 12.4. The Labute approximate surface area is 149 Å². The molecule has 25 heavy (non-hydrogen) atoms. The molecule has 0 aliphatic carbocycles. The Kier molecular flexibility index (Phi) is 3.65. The normalized spacial score (nSPS) is 11.3. The first kappa shape index (κ1) is 15.6. The summed E-state index contributed by atoms with van der Waals surface area (Å²) in [7, 11) is 0. The smallest absolute Gasteiger partial charge is 0.145 e. The van der Waals surface area contributed by atoms with E-state index in [9.17, 15) is 10.2 Å². The highest BCUT2D eigenvalue weighted by atomic mass is 32.1. The number of benzene rings is 2. The van der Waals surface area contributed by atoms with Crippen LogP contribution in [0.25, 0.3) is 27.8 Å². The van der Waals surface area contributed by atoms with Crippen molar-refractivity contribution < 1.29 is 10.2 Å². The van der Waals surface area contributed by atoms with E-state index in [1.54, 1.807) is 6.07 Å². The van der Waals surface area contributed by atoms with E-state index in [1.807, 2.05) is 18.3 Å². The number of rotatable bonds is 3. The van der Waals surface area contributed by atoms with Gasteiger partial charge in [-0.1, -0.05) is 17.3 Å². The Morgan fingerprint density at radius 2 is 1.96 bits per heavy atom. The highest BCUT2D eigenvalue weighted by Gasteiger charge is 2.19. The zero-order valence-electron chi connectivity index (χ0n) is 13.5. The minimum absolute atomic E-state index is 0.0175. The molecule has 2 aromatic carbocycles. The van der Waals surface area contributed by atoms with Gasteiger partial charge in [-0.25, -0.2) is 4.68 Å². The lowest BCUT2D eigenvalue weighted by Crippen LogP contribution is -2.00. The number of thiol groups is 1. The zero-order valence-corrected chi connectivity index (χ0v) is 14.4. The fourth-order valence-corrected chi connectivity index (χ4v) is 3.33. The molecule has 6 nitrogen and oxygen atoms in total. The van der Waals surface area contributed by atoms with E-state index < -0.39 is 0 Å². The fraction of sp³-hybridized carbons (Fsp3) is 0.111. The van der Waals surface area contributed by atoms with Gasteiger partial charge in [0.15, 0.2) is 0 Å². The third-order valence-electron chi connectivity index (χ3n) is 4.25. The second-order valence-electron chi connectivity index (χ2n) is 5.69. The van der Waals surface area contributed by atoms with Crippen molar-refractivity contribution in [2.75, 3.05) is 0 Å². The van der Waals surface area contributed by atoms with E-state index in [2.05, 4.69) is 46.6 Å².